The number of ether oxygens (including phenoxy) is 1. The third-order valence-corrected chi connectivity index (χ3v) is 18.3. The highest BCUT2D eigenvalue weighted by Crippen LogP contribution is 2.20. The fourth-order valence-electron chi connectivity index (χ4n) is 12.4. The van der Waals surface area contributed by atoms with Gasteiger partial charge < -0.3 is 20.3 Å². The average molecular weight is 1180 g/mol. The van der Waals surface area contributed by atoms with Crippen LogP contribution >= 0.6 is 0 Å². The molecule has 0 bridgehead atoms. The van der Waals surface area contributed by atoms with E-state index in [-0.39, 0.29) is 18.5 Å². The van der Waals surface area contributed by atoms with Crippen molar-refractivity contribution in [2.75, 3.05) is 13.2 Å². The predicted molar refractivity (Wildman–Crippen MR) is 370 cm³/mol. The minimum atomic E-state index is -0.670. The van der Waals surface area contributed by atoms with Crippen LogP contribution in [0.2, 0.25) is 0 Å². The normalized spacial score (nSPS) is 12.6. The number of hydrogen-bond donors (Lipinski definition) is 3. The molecular weight excluding hydrogens is 1030 g/mol. The summed E-state index contributed by atoms with van der Waals surface area (Å²) in [4.78, 5) is 24.7. The highest BCUT2D eigenvalue weighted by atomic mass is 16.5. The molecule has 6 nitrogen and oxygen atoms in total. The molecule has 0 aromatic carbocycles. The van der Waals surface area contributed by atoms with E-state index in [1.54, 1.807) is 0 Å². The van der Waals surface area contributed by atoms with Gasteiger partial charge in [0.05, 0.1) is 25.4 Å². The summed E-state index contributed by atoms with van der Waals surface area (Å²) < 4.78 is 5.51. The van der Waals surface area contributed by atoms with Crippen molar-refractivity contribution >= 4 is 11.9 Å². The molecule has 6 heteroatoms. The highest BCUT2D eigenvalue weighted by Gasteiger charge is 2.20. The number of amides is 1. The average Bonchev–Trinajstić information content (AvgIpc) is 3.53. The van der Waals surface area contributed by atoms with Gasteiger partial charge >= 0.3 is 5.97 Å². The maximum Gasteiger partial charge on any atom is 0.305 e. The fraction of sp³-hybridized carbons (Fsp3) is 0.923. The van der Waals surface area contributed by atoms with E-state index < -0.39 is 12.1 Å². The molecule has 2 atom stereocenters. The number of allylic oxidation sites excluding steroid dienone is 4. The molecule has 1 amide bonds. The minimum absolute atomic E-state index is 0.0146. The maximum absolute atomic E-state index is 12.6. The topological polar surface area (TPSA) is 95.9 Å². The Kier molecular flexibility index (Phi) is 72.3. The van der Waals surface area contributed by atoms with E-state index in [0.29, 0.717) is 25.9 Å². The summed E-state index contributed by atoms with van der Waals surface area (Å²) in [5.41, 5.74) is 0. The Morgan fingerprint density at radius 2 is 0.595 bits per heavy atom. The van der Waals surface area contributed by atoms with Gasteiger partial charge in [0.15, 0.2) is 0 Å². The summed E-state index contributed by atoms with van der Waals surface area (Å²) in [5.74, 6) is -0.0212. The van der Waals surface area contributed by atoms with Crippen LogP contribution in [0.5, 0.6) is 0 Å². The van der Waals surface area contributed by atoms with Crippen molar-refractivity contribution in [1.82, 2.24) is 5.32 Å². The first kappa shape index (κ1) is 82.3. The molecule has 0 aromatic rings. The monoisotopic (exact) mass is 1180 g/mol. The van der Waals surface area contributed by atoms with Crippen molar-refractivity contribution in [2.24, 2.45) is 0 Å². The van der Waals surface area contributed by atoms with Gasteiger partial charge in [-0.15, -0.1) is 0 Å². The first-order chi connectivity index (χ1) is 41.5. The number of rotatable bonds is 73. The van der Waals surface area contributed by atoms with Crippen molar-refractivity contribution in [1.29, 1.82) is 0 Å². The number of hydrogen-bond acceptors (Lipinski definition) is 5. The first-order valence-corrected chi connectivity index (χ1v) is 38.6. The molecule has 0 fully saturated rings. The van der Waals surface area contributed by atoms with Crippen molar-refractivity contribution in [3.05, 3.63) is 24.3 Å². The lowest BCUT2D eigenvalue weighted by Crippen LogP contribution is -2.45. The summed E-state index contributed by atoms with van der Waals surface area (Å²) in [7, 11) is 0. The van der Waals surface area contributed by atoms with E-state index >= 15 is 0 Å². The van der Waals surface area contributed by atoms with Gasteiger partial charge in [-0.1, -0.05) is 391 Å². The van der Waals surface area contributed by atoms with Crippen LogP contribution in [-0.4, -0.2) is 47.4 Å². The Morgan fingerprint density at radius 1 is 0.333 bits per heavy atom. The van der Waals surface area contributed by atoms with Crippen LogP contribution in [0.4, 0.5) is 0 Å². The SMILES string of the molecule is CCCCCCCCCCCCCCCCCCCCCCCCCCC(O)C(CO)NC(=O)CCCCCCCCCCC/C=C\C/C=C\CCCCCCCCCCCOC(=O)CCCCCCCCCCCCCCCCCCCC. The molecule has 0 heterocycles. The van der Waals surface area contributed by atoms with E-state index in [2.05, 4.69) is 43.5 Å². The van der Waals surface area contributed by atoms with E-state index in [9.17, 15) is 19.8 Å². The zero-order valence-electron chi connectivity index (χ0n) is 57.2. The largest absolute Gasteiger partial charge is 0.466 e. The Morgan fingerprint density at radius 3 is 0.905 bits per heavy atom. The maximum atomic E-state index is 12.6. The van der Waals surface area contributed by atoms with Crippen LogP contribution in [0.1, 0.15) is 438 Å². The molecule has 2 unspecified atom stereocenters. The molecule has 0 aliphatic heterocycles. The fourth-order valence-corrected chi connectivity index (χ4v) is 12.4. The summed E-state index contributed by atoms with van der Waals surface area (Å²) in [5, 5.41) is 23.5. The lowest BCUT2D eigenvalue weighted by Gasteiger charge is -2.22. The van der Waals surface area contributed by atoms with Crippen LogP contribution in [0.3, 0.4) is 0 Å². The van der Waals surface area contributed by atoms with Gasteiger partial charge in [-0.05, 0) is 57.8 Å². The Labute approximate surface area is 526 Å². The second-order valence-electron chi connectivity index (χ2n) is 26.7. The van der Waals surface area contributed by atoms with Gasteiger partial charge in [-0.3, -0.25) is 9.59 Å². The lowest BCUT2D eigenvalue weighted by molar-refractivity contribution is -0.143. The summed E-state index contributed by atoms with van der Waals surface area (Å²) in [6.07, 6.45) is 93.9. The van der Waals surface area contributed by atoms with Crippen LogP contribution < -0.4 is 5.32 Å². The molecule has 0 spiro atoms. The molecule has 0 saturated carbocycles. The second kappa shape index (κ2) is 73.8. The molecule has 0 rings (SSSR count). The van der Waals surface area contributed by atoms with Gasteiger partial charge in [-0.2, -0.15) is 0 Å². The number of nitrogens with one attached hydrogen (secondary N) is 1. The van der Waals surface area contributed by atoms with E-state index in [1.165, 1.54) is 360 Å². The van der Waals surface area contributed by atoms with Crippen LogP contribution in [0, 0.1) is 0 Å². The Bertz CT molecular complexity index is 1320. The lowest BCUT2D eigenvalue weighted by atomic mass is 10.0. The van der Waals surface area contributed by atoms with Gasteiger partial charge in [0, 0.05) is 12.8 Å². The smallest absolute Gasteiger partial charge is 0.305 e. The number of carbonyl (C=O) groups is 2. The van der Waals surface area contributed by atoms with Gasteiger partial charge in [0.1, 0.15) is 0 Å². The van der Waals surface area contributed by atoms with Crippen LogP contribution in [0.15, 0.2) is 24.3 Å². The molecule has 84 heavy (non-hydrogen) atoms. The summed E-state index contributed by atoms with van der Waals surface area (Å²) >= 11 is 0. The molecule has 0 aromatic heterocycles. The van der Waals surface area contributed by atoms with Gasteiger partial charge in [0.2, 0.25) is 5.91 Å². The molecule has 0 aliphatic rings. The number of unbranched alkanes of at least 4 members (excludes halogenated alkanes) is 58. The van der Waals surface area contributed by atoms with Gasteiger partial charge in [0.25, 0.3) is 0 Å². The van der Waals surface area contributed by atoms with E-state index in [0.717, 1.165) is 44.9 Å². The van der Waals surface area contributed by atoms with Crippen molar-refractivity contribution in [3.8, 4) is 0 Å². The van der Waals surface area contributed by atoms with Crippen molar-refractivity contribution in [3.63, 3.8) is 0 Å². The quantitative estimate of drug-likeness (QED) is 0.0320. The van der Waals surface area contributed by atoms with E-state index in [1.807, 2.05) is 0 Å². The van der Waals surface area contributed by atoms with Gasteiger partial charge in [-0.25, -0.2) is 0 Å². The van der Waals surface area contributed by atoms with Crippen LogP contribution in [0.25, 0.3) is 0 Å². The number of aliphatic hydroxyl groups is 2. The predicted octanol–water partition coefficient (Wildman–Crippen LogP) is 25.3. The van der Waals surface area contributed by atoms with Crippen molar-refractivity contribution < 1.29 is 24.5 Å². The third kappa shape index (κ3) is 69.4. The highest BCUT2D eigenvalue weighted by molar-refractivity contribution is 5.76. The Hall–Kier alpha value is -1.66. The second-order valence-corrected chi connectivity index (χ2v) is 26.7. The standard InChI is InChI=1S/C78H151NO5/c1-3-5-7-9-11-13-15-17-19-21-23-24-25-29-32-35-38-42-46-50-54-58-62-66-70-76(81)75(74-80)79-77(82)71-67-63-59-55-51-47-43-39-36-33-30-27-26-28-31-34-37-41-45-49-53-57-61-65-69-73-84-78(83)72-68-64-60-56-52-48-44-40-22-20-18-16-14-12-10-8-6-4-2/h27-28,30-31,75-76,80-81H,3-26,29,32-74H2,1-2H3,(H,79,82)/b30-27-,31-28-. The number of aliphatic hydroxyl groups excluding tert-OH is 2. The zero-order valence-corrected chi connectivity index (χ0v) is 57.2. The number of esters is 1. The molecule has 0 aliphatic carbocycles. The molecule has 3 N–H and O–H groups in total. The van der Waals surface area contributed by atoms with Crippen LogP contribution in [-0.2, 0) is 14.3 Å². The third-order valence-electron chi connectivity index (χ3n) is 18.3. The number of carbonyl (C=O) groups excluding carboxylic acids is 2. The molecule has 0 saturated heterocycles. The van der Waals surface area contributed by atoms with E-state index in [4.69, 9.17) is 4.74 Å². The molecule has 0 radical (unpaired) electrons. The summed E-state index contributed by atoms with van der Waals surface area (Å²) in [6, 6.07) is -0.548. The van der Waals surface area contributed by atoms with Crippen molar-refractivity contribution in [2.45, 2.75) is 450 Å². The molecule has 498 valence electrons. The zero-order chi connectivity index (χ0) is 60.6. The Balaban J connectivity index is 3.41. The molecular formula is C78H151NO5. The first-order valence-electron chi connectivity index (χ1n) is 38.6. The summed E-state index contributed by atoms with van der Waals surface area (Å²) in [6.45, 7) is 5.00. The minimum Gasteiger partial charge on any atom is -0.466 e.